The number of esters is 1. The fourth-order valence-corrected chi connectivity index (χ4v) is 2.92. The molecule has 0 saturated carbocycles. The third-order valence-corrected chi connectivity index (χ3v) is 4.28. The zero-order valence-corrected chi connectivity index (χ0v) is 14.7. The number of hydrogen-bond acceptors (Lipinski definition) is 6. The largest absolute Gasteiger partial charge is 0.465 e. The molecule has 0 aromatic heterocycles. The van der Waals surface area contributed by atoms with E-state index < -0.39 is 17.1 Å². The first-order valence-corrected chi connectivity index (χ1v) is 8.48. The molecule has 3 amide bonds. The van der Waals surface area contributed by atoms with E-state index in [1.807, 2.05) is 6.92 Å². The van der Waals surface area contributed by atoms with Crippen molar-refractivity contribution in [3.63, 3.8) is 0 Å². The van der Waals surface area contributed by atoms with Crippen LogP contribution in [0.1, 0.15) is 29.3 Å². The number of carbonyl (C=O) groups is 4. The van der Waals surface area contributed by atoms with Gasteiger partial charge >= 0.3 is 5.97 Å². The summed E-state index contributed by atoms with van der Waals surface area (Å²) in [6.45, 7) is 2.12. The van der Waals surface area contributed by atoms with Crippen molar-refractivity contribution in [2.24, 2.45) is 0 Å². The zero-order valence-electron chi connectivity index (χ0n) is 13.9. The number of thioether (sulfide) groups is 1. The molecule has 1 fully saturated rings. The highest BCUT2D eigenvalue weighted by Gasteiger charge is 2.36. The molecule has 1 aliphatic rings. The fourth-order valence-electron chi connectivity index (χ4n) is 2.08. The number of nitrogens with zero attached hydrogens (tertiary/aromatic N) is 1. The van der Waals surface area contributed by atoms with Crippen LogP contribution in [0.2, 0.25) is 0 Å². The summed E-state index contributed by atoms with van der Waals surface area (Å²) in [6.07, 6.45) is 2.32. The Bertz CT molecular complexity index is 727. The Morgan fingerprint density at radius 1 is 1.24 bits per heavy atom. The van der Waals surface area contributed by atoms with Crippen LogP contribution in [0.25, 0.3) is 6.08 Å². The Morgan fingerprint density at radius 3 is 2.52 bits per heavy atom. The quantitative estimate of drug-likeness (QED) is 0.615. The van der Waals surface area contributed by atoms with Gasteiger partial charge in [-0.2, -0.15) is 0 Å². The summed E-state index contributed by atoms with van der Waals surface area (Å²) in [7, 11) is 1.29. The second kappa shape index (κ2) is 8.48. The molecule has 1 N–H and O–H groups in total. The molecule has 1 heterocycles. The number of amides is 3. The Balaban J connectivity index is 2.09. The topological polar surface area (TPSA) is 92.8 Å². The molecule has 0 aliphatic carbocycles. The first-order chi connectivity index (χ1) is 12.0. The normalized spacial score (nSPS) is 15.6. The van der Waals surface area contributed by atoms with Crippen LogP contribution in [-0.4, -0.2) is 48.1 Å². The Hall–Kier alpha value is -2.61. The first-order valence-electron chi connectivity index (χ1n) is 7.66. The van der Waals surface area contributed by atoms with Crippen molar-refractivity contribution in [1.82, 2.24) is 10.2 Å². The van der Waals surface area contributed by atoms with Gasteiger partial charge in [-0.1, -0.05) is 19.1 Å². The van der Waals surface area contributed by atoms with Crippen LogP contribution >= 0.6 is 11.8 Å². The highest BCUT2D eigenvalue weighted by molar-refractivity contribution is 8.18. The average molecular weight is 362 g/mol. The van der Waals surface area contributed by atoms with Crippen molar-refractivity contribution in [2.75, 3.05) is 20.2 Å². The highest BCUT2D eigenvalue weighted by Crippen LogP contribution is 2.32. The Kier molecular flexibility index (Phi) is 6.35. The molecule has 0 atom stereocenters. The minimum Gasteiger partial charge on any atom is -0.465 e. The minimum atomic E-state index is -0.501. The minimum absolute atomic E-state index is 0.235. The molecular weight excluding hydrogens is 344 g/mol. The molecule has 7 nitrogen and oxygen atoms in total. The van der Waals surface area contributed by atoms with E-state index >= 15 is 0 Å². The molecule has 1 aromatic rings. The maximum atomic E-state index is 12.3. The van der Waals surface area contributed by atoms with Crippen molar-refractivity contribution < 1.29 is 23.9 Å². The van der Waals surface area contributed by atoms with Crippen LogP contribution in [0.4, 0.5) is 4.79 Å². The van der Waals surface area contributed by atoms with Gasteiger partial charge < -0.3 is 10.1 Å². The van der Waals surface area contributed by atoms with Crippen LogP contribution in [0.5, 0.6) is 0 Å². The van der Waals surface area contributed by atoms with Gasteiger partial charge in [0.15, 0.2) is 0 Å². The van der Waals surface area contributed by atoms with Gasteiger partial charge in [0.1, 0.15) is 6.54 Å². The monoisotopic (exact) mass is 362 g/mol. The van der Waals surface area contributed by atoms with Gasteiger partial charge in [0.05, 0.1) is 17.6 Å². The summed E-state index contributed by atoms with van der Waals surface area (Å²) in [6, 6.07) is 6.43. The number of hydrogen-bond donors (Lipinski definition) is 1. The van der Waals surface area contributed by atoms with Gasteiger partial charge in [0.25, 0.3) is 11.1 Å². The summed E-state index contributed by atoms with van der Waals surface area (Å²) in [5, 5.41) is 2.15. The predicted octanol–water partition coefficient (Wildman–Crippen LogP) is 2.04. The lowest BCUT2D eigenvalue weighted by molar-refractivity contribution is -0.129. The Labute approximate surface area is 149 Å². The molecule has 0 spiro atoms. The molecule has 132 valence electrons. The van der Waals surface area contributed by atoms with Gasteiger partial charge in [-0.25, -0.2) is 4.79 Å². The third-order valence-electron chi connectivity index (χ3n) is 3.38. The number of rotatable bonds is 6. The number of benzene rings is 1. The van der Waals surface area contributed by atoms with E-state index in [0.717, 1.165) is 23.1 Å². The maximum Gasteiger partial charge on any atom is 0.337 e. The van der Waals surface area contributed by atoms with E-state index in [9.17, 15) is 19.2 Å². The lowest BCUT2D eigenvalue weighted by Crippen LogP contribution is -2.39. The second-order valence-electron chi connectivity index (χ2n) is 5.23. The molecule has 2 rings (SSSR count). The van der Waals surface area contributed by atoms with E-state index in [4.69, 9.17) is 0 Å². The molecule has 1 saturated heterocycles. The van der Waals surface area contributed by atoms with Crippen molar-refractivity contribution in [1.29, 1.82) is 0 Å². The molecule has 1 aliphatic heterocycles. The van der Waals surface area contributed by atoms with Crippen LogP contribution in [0.15, 0.2) is 29.2 Å². The fraction of sp³-hybridized carbons (Fsp3) is 0.294. The summed E-state index contributed by atoms with van der Waals surface area (Å²) in [4.78, 5) is 48.5. The lowest BCUT2D eigenvalue weighted by Gasteiger charge is -2.11. The number of nitrogens with one attached hydrogen (secondary N) is 1. The van der Waals surface area contributed by atoms with Gasteiger partial charge in [-0.3, -0.25) is 19.3 Å². The maximum absolute atomic E-state index is 12.3. The third kappa shape index (κ3) is 4.69. The molecule has 1 aromatic carbocycles. The highest BCUT2D eigenvalue weighted by atomic mass is 32.2. The van der Waals surface area contributed by atoms with Crippen LogP contribution in [0, 0.1) is 0 Å². The second-order valence-corrected chi connectivity index (χ2v) is 6.22. The number of carbonyl (C=O) groups excluding carboxylic acids is 4. The van der Waals surface area contributed by atoms with Crippen LogP contribution in [0.3, 0.4) is 0 Å². The molecular formula is C17H18N2O5S. The van der Waals surface area contributed by atoms with E-state index in [2.05, 4.69) is 10.1 Å². The smallest absolute Gasteiger partial charge is 0.337 e. The summed E-state index contributed by atoms with van der Waals surface area (Å²) in [5.74, 6) is -1.32. The van der Waals surface area contributed by atoms with Crippen LogP contribution in [-0.2, 0) is 14.3 Å². The van der Waals surface area contributed by atoms with E-state index in [0.29, 0.717) is 17.7 Å². The molecule has 8 heteroatoms. The average Bonchev–Trinajstić information content (AvgIpc) is 2.87. The molecule has 0 bridgehead atoms. The van der Waals surface area contributed by atoms with Crippen molar-refractivity contribution >= 4 is 40.9 Å². The zero-order chi connectivity index (χ0) is 18.4. The van der Waals surface area contributed by atoms with Crippen LogP contribution < -0.4 is 5.32 Å². The van der Waals surface area contributed by atoms with Gasteiger partial charge in [0, 0.05) is 6.54 Å². The Morgan fingerprint density at radius 2 is 1.92 bits per heavy atom. The summed E-state index contributed by atoms with van der Waals surface area (Å²) in [5.41, 5.74) is 1.05. The van der Waals surface area contributed by atoms with Crippen molar-refractivity contribution in [3.05, 3.63) is 40.3 Å². The molecule has 25 heavy (non-hydrogen) atoms. The predicted molar refractivity (Wildman–Crippen MR) is 93.8 cm³/mol. The van der Waals surface area contributed by atoms with Crippen molar-refractivity contribution in [3.8, 4) is 0 Å². The van der Waals surface area contributed by atoms with Gasteiger partial charge in [-0.15, -0.1) is 0 Å². The summed E-state index contributed by atoms with van der Waals surface area (Å²) < 4.78 is 4.62. The van der Waals surface area contributed by atoms with Crippen molar-refractivity contribution in [2.45, 2.75) is 13.3 Å². The molecule has 0 unspecified atom stereocenters. The molecule has 0 radical (unpaired) electrons. The number of methoxy groups -OCH3 is 1. The van der Waals surface area contributed by atoms with E-state index in [1.54, 1.807) is 30.3 Å². The van der Waals surface area contributed by atoms with Gasteiger partial charge in [-0.05, 0) is 42.0 Å². The lowest BCUT2D eigenvalue weighted by atomic mass is 10.1. The summed E-state index contributed by atoms with van der Waals surface area (Å²) >= 11 is 0.784. The standard InChI is InChI=1S/C17H18N2O5S/c1-3-8-18-14(20)10-19-15(21)13(25-17(19)23)9-11-4-6-12(7-5-11)16(22)24-2/h4-7,9H,3,8,10H2,1-2H3,(H,18,20)/b13-9-. The van der Waals surface area contributed by atoms with E-state index in [1.165, 1.54) is 7.11 Å². The first kappa shape index (κ1) is 18.7. The van der Waals surface area contributed by atoms with E-state index in [-0.39, 0.29) is 17.4 Å². The number of imide groups is 1. The van der Waals surface area contributed by atoms with Gasteiger partial charge in [0.2, 0.25) is 5.91 Å². The number of ether oxygens (including phenoxy) is 1. The SMILES string of the molecule is CCCNC(=O)CN1C(=O)S/C(=C\c2ccc(C(=O)OC)cc2)C1=O.